The number of aromatic amines is 1. The van der Waals surface area contributed by atoms with Gasteiger partial charge >= 0.3 is 0 Å². The number of ether oxygens (including phenoxy) is 2. The Balaban J connectivity index is 1.58. The summed E-state index contributed by atoms with van der Waals surface area (Å²) in [4.78, 5) is 15.6. The van der Waals surface area contributed by atoms with E-state index in [2.05, 4.69) is 17.1 Å². The summed E-state index contributed by atoms with van der Waals surface area (Å²) in [6, 6.07) is 17.4. The van der Waals surface area contributed by atoms with Crippen LogP contribution in [-0.2, 0) is 6.54 Å². The molecule has 2 N–H and O–H groups in total. The number of benzene rings is 3. The monoisotopic (exact) mass is 579 g/mol. The molecule has 3 aromatic carbocycles. The van der Waals surface area contributed by atoms with Crippen LogP contribution >= 0.6 is 23.2 Å². The summed E-state index contributed by atoms with van der Waals surface area (Å²) >= 11 is 12.8. The Morgan fingerprint density at radius 3 is 2.62 bits per heavy atom. The number of aromatic hydroxyl groups is 1. The van der Waals surface area contributed by atoms with E-state index < -0.39 is 6.04 Å². The van der Waals surface area contributed by atoms with Gasteiger partial charge in [-0.15, -0.1) is 0 Å². The van der Waals surface area contributed by atoms with Crippen LogP contribution in [0.1, 0.15) is 65.8 Å². The summed E-state index contributed by atoms with van der Waals surface area (Å²) in [6.45, 7) is 3.04. The molecule has 0 spiro atoms. The Labute approximate surface area is 243 Å². The fourth-order valence-corrected chi connectivity index (χ4v) is 5.47. The van der Waals surface area contributed by atoms with Crippen molar-refractivity contribution >= 4 is 29.1 Å². The molecule has 1 amide bonds. The first-order chi connectivity index (χ1) is 19.4. The highest BCUT2D eigenvalue weighted by molar-refractivity contribution is 6.31. The molecule has 0 saturated carbocycles. The molecule has 208 valence electrons. The van der Waals surface area contributed by atoms with Crippen LogP contribution < -0.4 is 9.47 Å². The van der Waals surface area contributed by atoms with E-state index in [0.717, 1.165) is 30.4 Å². The molecular weight excluding hydrogens is 549 g/mol. The smallest absolute Gasteiger partial charge is 0.273 e. The van der Waals surface area contributed by atoms with Crippen molar-refractivity contribution in [1.29, 1.82) is 0 Å². The number of amides is 1. The number of rotatable bonds is 11. The van der Waals surface area contributed by atoms with Crippen LogP contribution in [0.2, 0.25) is 10.0 Å². The molecule has 1 aromatic heterocycles. The van der Waals surface area contributed by atoms with E-state index in [1.54, 1.807) is 30.2 Å². The fourth-order valence-electron chi connectivity index (χ4n) is 5.10. The fraction of sp³-hybridized carbons (Fsp3) is 0.290. The first kappa shape index (κ1) is 27.9. The first-order valence-corrected chi connectivity index (χ1v) is 14.1. The quantitative estimate of drug-likeness (QED) is 0.177. The number of halogens is 2. The van der Waals surface area contributed by atoms with Gasteiger partial charge in [0.15, 0.2) is 11.5 Å². The molecule has 1 aliphatic rings. The number of methoxy groups -OCH3 is 1. The summed E-state index contributed by atoms with van der Waals surface area (Å²) in [5.41, 5.74) is 3.49. The molecule has 1 aliphatic heterocycles. The molecule has 9 heteroatoms. The van der Waals surface area contributed by atoms with E-state index in [-0.39, 0.29) is 18.2 Å². The van der Waals surface area contributed by atoms with Gasteiger partial charge in [0.25, 0.3) is 5.91 Å². The zero-order chi connectivity index (χ0) is 28.2. The van der Waals surface area contributed by atoms with Crippen molar-refractivity contribution in [2.24, 2.45) is 0 Å². The Morgan fingerprint density at radius 2 is 1.85 bits per heavy atom. The minimum Gasteiger partial charge on any atom is -0.507 e. The lowest BCUT2D eigenvalue weighted by molar-refractivity contribution is 0.0730. The normalized spacial score (nSPS) is 14.4. The number of phenolic OH excluding ortho intramolecular Hbond substituents is 1. The average Bonchev–Trinajstić information content (AvgIpc) is 3.50. The molecule has 2 heterocycles. The Bertz CT molecular complexity index is 1520. The van der Waals surface area contributed by atoms with E-state index in [4.69, 9.17) is 32.7 Å². The summed E-state index contributed by atoms with van der Waals surface area (Å²) < 4.78 is 11.8. The van der Waals surface area contributed by atoms with Crippen LogP contribution in [0.5, 0.6) is 17.2 Å². The highest BCUT2D eigenvalue weighted by Gasteiger charge is 2.43. The largest absolute Gasteiger partial charge is 0.507 e. The van der Waals surface area contributed by atoms with Crippen LogP contribution in [0.4, 0.5) is 0 Å². The van der Waals surface area contributed by atoms with Gasteiger partial charge in [-0.05, 0) is 53.9 Å². The summed E-state index contributed by atoms with van der Waals surface area (Å²) in [5.74, 6) is 1.00. The molecule has 0 aliphatic carbocycles. The van der Waals surface area contributed by atoms with Crippen molar-refractivity contribution in [2.75, 3.05) is 13.7 Å². The van der Waals surface area contributed by atoms with Crippen molar-refractivity contribution in [1.82, 2.24) is 15.1 Å². The standard InChI is InChI=1S/C31H31Cl2N3O4/c1-3-4-5-8-15-40-25-14-11-19(16-26(25)39-2)30-27-28(22-17-21(32)12-13-24(22)37)34-35-29(27)31(38)36(30)18-20-9-6-7-10-23(20)33/h6-7,9-14,16-17,30,37H,3-5,8,15,18H2,1-2H3,(H,34,35). The van der Waals surface area contributed by atoms with E-state index in [0.29, 0.717) is 50.7 Å². The van der Waals surface area contributed by atoms with Gasteiger partial charge in [-0.1, -0.05) is 73.7 Å². The van der Waals surface area contributed by atoms with Gasteiger partial charge in [0.1, 0.15) is 17.1 Å². The van der Waals surface area contributed by atoms with Crippen LogP contribution in [0.25, 0.3) is 11.3 Å². The van der Waals surface area contributed by atoms with Crippen LogP contribution in [0.3, 0.4) is 0 Å². The zero-order valence-corrected chi connectivity index (χ0v) is 23.9. The third kappa shape index (κ3) is 5.49. The van der Waals surface area contributed by atoms with Gasteiger partial charge in [-0.2, -0.15) is 5.10 Å². The number of hydrogen-bond donors (Lipinski definition) is 2. The lowest BCUT2D eigenvalue weighted by atomic mass is 9.95. The van der Waals surface area contributed by atoms with Gasteiger partial charge in [0.2, 0.25) is 0 Å². The van der Waals surface area contributed by atoms with Crippen molar-refractivity contribution in [3.05, 3.63) is 93.1 Å². The van der Waals surface area contributed by atoms with Crippen LogP contribution in [0, 0.1) is 0 Å². The maximum absolute atomic E-state index is 13.8. The van der Waals surface area contributed by atoms with Crippen molar-refractivity contribution in [3.63, 3.8) is 0 Å². The van der Waals surface area contributed by atoms with Crippen LogP contribution in [-0.4, -0.2) is 39.8 Å². The second-order valence-electron chi connectivity index (χ2n) is 9.77. The second kappa shape index (κ2) is 12.2. The van der Waals surface area contributed by atoms with Crippen molar-refractivity contribution < 1.29 is 19.4 Å². The average molecular weight is 581 g/mol. The van der Waals surface area contributed by atoms with Gasteiger partial charge in [0, 0.05) is 27.7 Å². The number of phenols is 1. The molecule has 0 saturated heterocycles. The molecule has 7 nitrogen and oxygen atoms in total. The maximum atomic E-state index is 13.8. The lowest BCUT2D eigenvalue weighted by Crippen LogP contribution is -2.29. The van der Waals surface area contributed by atoms with E-state index in [1.165, 1.54) is 12.5 Å². The molecule has 1 atom stereocenters. The highest BCUT2D eigenvalue weighted by Crippen LogP contribution is 2.47. The van der Waals surface area contributed by atoms with Crippen molar-refractivity contribution in [2.45, 2.75) is 45.2 Å². The number of carbonyl (C=O) groups excluding carboxylic acids is 1. The summed E-state index contributed by atoms with van der Waals surface area (Å²) in [5, 5.41) is 19.1. The number of hydrogen-bond acceptors (Lipinski definition) is 5. The van der Waals surface area contributed by atoms with Gasteiger partial charge in [0.05, 0.1) is 19.8 Å². The number of nitrogens with zero attached hydrogens (tertiary/aromatic N) is 2. The number of nitrogens with one attached hydrogen (secondary N) is 1. The minimum absolute atomic E-state index is 0.0128. The molecule has 5 rings (SSSR count). The minimum atomic E-state index is -0.543. The molecular formula is C31H31Cl2N3O4. The number of carbonyl (C=O) groups is 1. The van der Waals surface area contributed by atoms with Crippen LogP contribution in [0.15, 0.2) is 60.7 Å². The summed E-state index contributed by atoms with van der Waals surface area (Å²) in [6.07, 6.45) is 4.41. The Morgan fingerprint density at radius 1 is 1.02 bits per heavy atom. The number of aromatic nitrogens is 2. The molecule has 0 radical (unpaired) electrons. The number of fused-ring (bicyclic) bond motifs is 1. The third-order valence-electron chi connectivity index (χ3n) is 7.13. The third-order valence-corrected chi connectivity index (χ3v) is 7.74. The Hall–Kier alpha value is -3.68. The SMILES string of the molecule is CCCCCCOc1ccc(C2c3c(-c4cc(Cl)ccc4O)n[nH]c3C(=O)N2Cc2ccccc2Cl)cc1OC. The molecule has 0 bridgehead atoms. The second-order valence-corrected chi connectivity index (χ2v) is 10.6. The molecule has 1 unspecified atom stereocenters. The topological polar surface area (TPSA) is 87.7 Å². The van der Waals surface area contributed by atoms with Crippen molar-refractivity contribution in [3.8, 4) is 28.5 Å². The summed E-state index contributed by atoms with van der Waals surface area (Å²) in [7, 11) is 1.60. The number of H-pyrrole nitrogens is 1. The first-order valence-electron chi connectivity index (χ1n) is 13.3. The zero-order valence-electron chi connectivity index (χ0n) is 22.4. The Kier molecular flexibility index (Phi) is 8.52. The van der Waals surface area contributed by atoms with Gasteiger partial charge < -0.3 is 19.5 Å². The molecule has 0 fully saturated rings. The van der Waals surface area contributed by atoms with E-state index in [1.807, 2.05) is 36.4 Å². The van der Waals surface area contributed by atoms with Gasteiger partial charge in [-0.3, -0.25) is 9.89 Å². The molecule has 4 aromatic rings. The predicted molar refractivity (Wildman–Crippen MR) is 156 cm³/mol. The van der Waals surface area contributed by atoms with E-state index >= 15 is 0 Å². The van der Waals surface area contributed by atoms with Gasteiger partial charge in [-0.25, -0.2) is 0 Å². The predicted octanol–water partition coefficient (Wildman–Crippen LogP) is 7.80. The highest BCUT2D eigenvalue weighted by atomic mass is 35.5. The number of unbranched alkanes of at least 4 members (excludes halogenated alkanes) is 3. The molecule has 40 heavy (non-hydrogen) atoms. The lowest BCUT2D eigenvalue weighted by Gasteiger charge is -2.27. The maximum Gasteiger partial charge on any atom is 0.273 e. The van der Waals surface area contributed by atoms with E-state index in [9.17, 15) is 9.90 Å².